The second-order valence-corrected chi connectivity index (χ2v) is 8.76. The Kier molecular flexibility index (Phi) is 6.10. The molecule has 0 spiro atoms. The second kappa shape index (κ2) is 8.32. The fourth-order valence-corrected chi connectivity index (χ4v) is 4.03. The molecule has 0 N–H and O–H groups in total. The highest BCUT2D eigenvalue weighted by Gasteiger charge is 2.30. The maximum absolute atomic E-state index is 12.2. The molecule has 0 aromatic heterocycles. The lowest BCUT2D eigenvalue weighted by Gasteiger charge is -2.25. The first-order valence-electron chi connectivity index (χ1n) is 10.1. The van der Waals surface area contributed by atoms with Crippen LogP contribution < -0.4 is 4.74 Å². The van der Waals surface area contributed by atoms with Crippen molar-refractivity contribution in [3.05, 3.63) is 29.8 Å². The highest BCUT2D eigenvalue weighted by Crippen LogP contribution is 2.37. The number of para-hydroxylation sites is 1. The van der Waals surface area contributed by atoms with Crippen molar-refractivity contribution in [2.75, 3.05) is 19.7 Å². The number of nitrogens with zero attached hydrogens (tertiary/aromatic N) is 1. The number of amides is 1. The van der Waals surface area contributed by atoms with Crippen molar-refractivity contribution in [2.24, 2.45) is 5.92 Å². The summed E-state index contributed by atoms with van der Waals surface area (Å²) in [6.45, 7) is 7.87. The predicted molar refractivity (Wildman–Crippen MR) is 104 cm³/mol. The van der Waals surface area contributed by atoms with E-state index < -0.39 is 5.60 Å². The van der Waals surface area contributed by atoms with Gasteiger partial charge in [0.25, 0.3) is 0 Å². The molecule has 3 rings (SSSR count). The molecule has 1 atom stereocenters. The van der Waals surface area contributed by atoms with E-state index >= 15 is 0 Å². The van der Waals surface area contributed by atoms with E-state index in [1.54, 1.807) is 0 Å². The fourth-order valence-electron chi connectivity index (χ4n) is 4.03. The van der Waals surface area contributed by atoms with Gasteiger partial charge in [0.15, 0.2) is 0 Å². The molecule has 26 heavy (non-hydrogen) atoms. The standard InChI is InChI=1S/C22H33NO3/c1-22(2,3)26-21(24)23-14-13-17(15-23)16-25-20-12-8-7-11-19(20)18-9-5-4-6-10-18/h7-8,11-12,17-18H,4-6,9-10,13-16H2,1-3H3/t17-/m0/s1. The first kappa shape index (κ1) is 19.1. The molecule has 1 heterocycles. The zero-order valence-electron chi connectivity index (χ0n) is 16.5. The van der Waals surface area contributed by atoms with Crippen LogP contribution in [-0.2, 0) is 4.74 Å². The summed E-state index contributed by atoms with van der Waals surface area (Å²) in [5.74, 6) is 2.05. The Morgan fingerprint density at radius 1 is 1.12 bits per heavy atom. The van der Waals surface area contributed by atoms with E-state index in [0.717, 1.165) is 25.3 Å². The van der Waals surface area contributed by atoms with Crippen molar-refractivity contribution in [3.63, 3.8) is 0 Å². The smallest absolute Gasteiger partial charge is 0.410 e. The van der Waals surface area contributed by atoms with Gasteiger partial charge in [-0.1, -0.05) is 37.5 Å². The minimum absolute atomic E-state index is 0.206. The maximum atomic E-state index is 12.2. The molecule has 2 aliphatic rings. The van der Waals surface area contributed by atoms with Gasteiger partial charge in [-0.3, -0.25) is 0 Å². The van der Waals surface area contributed by atoms with Crippen molar-refractivity contribution in [2.45, 2.75) is 70.8 Å². The number of hydrogen-bond acceptors (Lipinski definition) is 3. The van der Waals surface area contributed by atoms with E-state index in [4.69, 9.17) is 9.47 Å². The van der Waals surface area contributed by atoms with E-state index in [-0.39, 0.29) is 6.09 Å². The number of carbonyl (C=O) groups excluding carboxylic acids is 1. The third kappa shape index (κ3) is 5.15. The zero-order valence-corrected chi connectivity index (χ0v) is 16.5. The van der Waals surface area contributed by atoms with Gasteiger partial charge in [-0.05, 0) is 57.6 Å². The van der Waals surface area contributed by atoms with Crippen molar-refractivity contribution < 1.29 is 14.3 Å². The van der Waals surface area contributed by atoms with Crippen molar-refractivity contribution >= 4 is 6.09 Å². The molecule has 1 saturated heterocycles. The maximum Gasteiger partial charge on any atom is 0.410 e. The van der Waals surface area contributed by atoms with Gasteiger partial charge in [0.2, 0.25) is 0 Å². The first-order chi connectivity index (χ1) is 12.4. The fraction of sp³-hybridized carbons (Fsp3) is 0.682. The number of hydrogen-bond donors (Lipinski definition) is 0. The van der Waals surface area contributed by atoms with Gasteiger partial charge in [0, 0.05) is 19.0 Å². The molecule has 1 aromatic rings. The topological polar surface area (TPSA) is 38.8 Å². The largest absolute Gasteiger partial charge is 0.493 e. The van der Waals surface area contributed by atoms with E-state index in [1.165, 1.54) is 37.7 Å². The summed E-state index contributed by atoms with van der Waals surface area (Å²) in [4.78, 5) is 14.0. The molecular weight excluding hydrogens is 326 g/mol. The molecule has 0 unspecified atom stereocenters. The lowest BCUT2D eigenvalue weighted by molar-refractivity contribution is 0.0284. The Bertz CT molecular complexity index is 602. The van der Waals surface area contributed by atoms with Crippen LogP contribution >= 0.6 is 0 Å². The summed E-state index contributed by atoms with van der Waals surface area (Å²) in [7, 11) is 0. The molecule has 1 saturated carbocycles. The van der Waals surface area contributed by atoms with Crippen molar-refractivity contribution in [3.8, 4) is 5.75 Å². The van der Waals surface area contributed by atoms with Gasteiger partial charge in [-0.25, -0.2) is 4.79 Å². The molecular formula is C22H33NO3. The van der Waals surface area contributed by atoms with Gasteiger partial charge < -0.3 is 14.4 Å². The number of benzene rings is 1. The monoisotopic (exact) mass is 359 g/mol. The first-order valence-corrected chi connectivity index (χ1v) is 10.1. The average Bonchev–Trinajstić information content (AvgIpc) is 3.09. The van der Waals surface area contributed by atoms with Crippen LogP contribution in [0.15, 0.2) is 24.3 Å². The van der Waals surface area contributed by atoms with Crippen LogP contribution in [0.4, 0.5) is 4.79 Å². The Balaban J connectivity index is 1.53. The Hall–Kier alpha value is -1.71. The van der Waals surface area contributed by atoms with Crippen LogP contribution in [0.3, 0.4) is 0 Å². The van der Waals surface area contributed by atoms with Gasteiger partial charge >= 0.3 is 6.09 Å². The molecule has 0 bridgehead atoms. The van der Waals surface area contributed by atoms with Crippen molar-refractivity contribution in [1.29, 1.82) is 0 Å². The second-order valence-electron chi connectivity index (χ2n) is 8.76. The summed E-state index contributed by atoms with van der Waals surface area (Å²) in [6, 6.07) is 8.51. The molecule has 1 aliphatic heterocycles. The van der Waals surface area contributed by atoms with Gasteiger partial charge in [0.1, 0.15) is 11.4 Å². The number of carbonyl (C=O) groups is 1. The number of rotatable bonds is 4. The van der Waals surface area contributed by atoms with Crippen molar-refractivity contribution in [1.82, 2.24) is 4.90 Å². The van der Waals surface area contributed by atoms with Crippen LogP contribution in [0.2, 0.25) is 0 Å². The Labute approximate surface area is 157 Å². The van der Waals surface area contributed by atoms with E-state index in [0.29, 0.717) is 18.4 Å². The SMILES string of the molecule is CC(C)(C)OC(=O)N1CC[C@H](COc2ccccc2C2CCCCC2)C1. The van der Waals surface area contributed by atoms with Gasteiger partial charge in [0.05, 0.1) is 6.61 Å². The van der Waals surface area contributed by atoms with E-state index in [2.05, 4.69) is 24.3 Å². The van der Waals surface area contributed by atoms with Crippen LogP contribution in [0.5, 0.6) is 5.75 Å². The van der Waals surface area contributed by atoms with Crippen LogP contribution in [-0.4, -0.2) is 36.3 Å². The molecule has 1 amide bonds. The van der Waals surface area contributed by atoms with Crippen LogP contribution in [0.25, 0.3) is 0 Å². The highest BCUT2D eigenvalue weighted by atomic mass is 16.6. The normalized spacial score (nSPS) is 21.7. The lowest BCUT2D eigenvalue weighted by Crippen LogP contribution is -2.35. The number of ether oxygens (including phenoxy) is 2. The summed E-state index contributed by atoms with van der Waals surface area (Å²) in [6.07, 6.45) is 7.33. The minimum Gasteiger partial charge on any atom is -0.493 e. The van der Waals surface area contributed by atoms with E-state index in [9.17, 15) is 4.79 Å². The van der Waals surface area contributed by atoms with Crippen LogP contribution in [0.1, 0.15) is 70.8 Å². The quantitative estimate of drug-likeness (QED) is 0.725. The van der Waals surface area contributed by atoms with Crippen LogP contribution in [0, 0.1) is 5.92 Å². The molecule has 2 fully saturated rings. The molecule has 1 aromatic carbocycles. The molecule has 4 heteroatoms. The molecule has 4 nitrogen and oxygen atoms in total. The summed E-state index contributed by atoms with van der Waals surface area (Å²) in [5, 5.41) is 0. The summed E-state index contributed by atoms with van der Waals surface area (Å²) >= 11 is 0. The molecule has 144 valence electrons. The van der Waals surface area contributed by atoms with E-state index in [1.807, 2.05) is 25.7 Å². The van der Waals surface area contributed by atoms with Gasteiger partial charge in [-0.2, -0.15) is 0 Å². The average molecular weight is 360 g/mol. The molecule has 1 aliphatic carbocycles. The summed E-state index contributed by atoms with van der Waals surface area (Å²) in [5.41, 5.74) is 0.930. The Morgan fingerprint density at radius 3 is 2.58 bits per heavy atom. The Morgan fingerprint density at radius 2 is 1.85 bits per heavy atom. The third-order valence-corrected chi connectivity index (χ3v) is 5.38. The highest BCUT2D eigenvalue weighted by molar-refractivity contribution is 5.68. The van der Waals surface area contributed by atoms with Gasteiger partial charge in [-0.15, -0.1) is 0 Å². The zero-order chi connectivity index (χ0) is 18.6. The molecule has 0 radical (unpaired) electrons. The predicted octanol–water partition coefficient (Wildman–Crippen LogP) is 5.37. The minimum atomic E-state index is -0.440. The number of likely N-dealkylation sites (tertiary alicyclic amines) is 1. The third-order valence-electron chi connectivity index (χ3n) is 5.38. The summed E-state index contributed by atoms with van der Waals surface area (Å²) < 4.78 is 11.7. The lowest BCUT2D eigenvalue weighted by atomic mass is 9.84.